The van der Waals surface area contributed by atoms with E-state index < -0.39 is 0 Å². The highest BCUT2D eigenvalue weighted by atomic mass is 32.2. The quantitative estimate of drug-likeness (QED) is 0.498. The molecule has 0 aromatic carbocycles. The minimum Gasteiger partial charge on any atom is -0.178 e. The fraction of sp³-hybridized carbons (Fsp3) is 1.00. The molecule has 3 heteroatoms. The second-order valence-corrected chi connectivity index (χ2v) is 4.98. The molecule has 2 unspecified atom stereocenters. The van der Waals surface area contributed by atoms with E-state index in [0.717, 1.165) is 12.2 Å². The Morgan fingerprint density at radius 2 is 2.11 bits per heavy atom. The van der Waals surface area contributed by atoms with Crippen LogP contribution in [0, 0.1) is 0 Å². The lowest BCUT2D eigenvalue weighted by Crippen LogP contribution is -2.02. The monoisotopic (exact) mass is 182 g/mol. The first kappa shape index (κ1) is 10.0. The van der Waals surface area contributed by atoms with E-state index in [1.807, 2.05) is 11.8 Å². The molecule has 0 N–H and O–H groups in total. The van der Waals surface area contributed by atoms with Crippen molar-refractivity contribution in [1.29, 1.82) is 0 Å². The van der Waals surface area contributed by atoms with Crippen LogP contribution < -0.4 is 0 Å². The first-order chi connectivity index (χ1) is 4.20. The van der Waals surface area contributed by atoms with Crippen LogP contribution in [-0.4, -0.2) is 15.6 Å². The Morgan fingerprint density at radius 1 is 1.56 bits per heavy atom. The van der Waals surface area contributed by atoms with Gasteiger partial charge in [-0.1, -0.05) is 13.8 Å². The first-order valence-electron chi connectivity index (χ1n) is 3.15. The molecule has 0 aromatic heterocycles. The summed E-state index contributed by atoms with van der Waals surface area (Å²) in [6.07, 6.45) is 1.13. The van der Waals surface area contributed by atoms with E-state index in [-0.39, 0.29) is 0 Å². The third kappa shape index (κ3) is 5.49. The third-order valence-corrected chi connectivity index (χ3v) is 3.80. The molecule has 0 saturated heterocycles. The van der Waals surface area contributed by atoms with Crippen molar-refractivity contribution in [2.75, 3.05) is 5.75 Å². The van der Waals surface area contributed by atoms with Crippen LogP contribution in [0.15, 0.2) is 0 Å². The maximum atomic E-state index is 4.35. The standard InChI is InChI=1S/C6H14S3/c1-3-6(8)9-5(2)4-7/h5-8H,3-4H2,1-2H3. The Kier molecular flexibility index (Phi) is 6.48. The highest BCUT2D eigenvalue weighted by Crippen LogP contribution is 2.23. The zero-order valence-corrected chi connectivity index (χ0v) is 8.48. The molecule has 0 fully saturated rings. The van der Waals surface area contributed by atoms with Crippen molar-refractivity contribution < 1.29 is 0 Å². The Hall–Kier alpha value is 1.05. The Balaban J connectivity index is 3.22. The molecule has 0 rings (SSSR count). The van der Waals surface area contributed by atoms with Gasteiger partial charge in [0.15, 0.2) is 0 Å². The number of hydrogen-bond donors (Lipinski definition) is 2. The number of rotatable bonds is 4. The molecule has 0 aromatic rings. The summed E-state index contributed by atoms with van der Waals surface area (Å²) >= 11 is 10.4. The predicted molar refractivity (Wildman–Crippen MR) is 54.0 cm³/mol. The van der Waals surface area contributed by atoms with Gasteiger partial charge in [-0.25, -0.2) is 0 Å². The van der Waals surface area contributed by atoms with Crippen LogP contribution in [-0.2, 0) is 0 Å². The zero-order chi connectivity index (χ0) is 7.28. The fourth-order valence-corrected chi connectivity index (χ4v) is 2.10. The average molecular weight is 182 g/mol. The molecule has 56 valence electrons. The molecule has 0 aliphatic carbocycles. The maximum absolute atomic E-state index is 4.35. The third-order valence-electron chi connectivity index (χ3n) is 0.996. The number of hydrogen-bond acceptors (Lipinski definition) is 3. The van der Waals surface area contributed by atoms with Crippen molar-refractivity contribution in [3.05, 3.63) is 0 Å². The van der Waals surface area contributed by atoms with Crippen LogP contribution in [0.2, 0.25) is 0 Å². The topological polar surface area (TPSA) is 0 Å². The molecule has 0 spiro atoms. The Morgan fingerprint density at radius 3 is 2.44 bits per heavy atom. The lowest BCUT2D eigenvalue weighted by molar-refractivity contribution is 1.04. The van der Waals surface area contributed by atoms with Crippen molar-refractivity contribution in [2.24, 2.45) is 0 Å². The van der Waals surface area contributed by atoms with Crippen molar-refractivity contribution in [1.82, 2.24) is 0 Å². The molecular formula is C6H14S3. The number of thiol groups is 2. The summed E-state index contributed by atoms with van der Waals surface area (Å²) in [5.41, 5.74) is 0. The van der Waals surface area contributed by atoms with Gasteiger partial charge in [0.2, 0.25) is 0 Å². The second-order valence-electron chi connectivity index (χ2n) is 1.99. The van der Waals surface area contributed by atoms with Crippen LogP contribution in [0.25, 0.3) is 0 Å². The number of thioether (sulfide) groups is 1. The van der Waals surface area contributed by atoms with Crippen LogP contribution >= 0.6 is 37.0 Å². The summed E-state index contributed by atoms with van der Waals surface area (Å²) in [5.74, 6) is 0.946. The summed E-state index contributed by atoms with van der Waals surface area (Å²) in [6.45, 7) is 4.33. The van der Waals surface area contributed by atoms with Crippen LogP contribution in [0.5, 0.6) is 0 Å². The molecule has 0 heterocycles. The summed E-state index contributed by atoms with van der Waals surface area (Å²) in [7, 11) is 0. The molecule has 2 atom stereocenters. The second kappa shape index (κ2) is 5.81. The van der Waals surface area contributed by atoms with Gasteiger partial charge in [0.05, 0.1) is 0 Å². The van der Waals surface area contributed by atoms with Crippen molar-refractivity contribution in [2.45, 2.75) is 30.1 Å². The Bertz CT molecular complexity index is 57.3. The van der Waals surface area contributed by atoms with Gasteiger partial charge in [0, 0.05) is 15.6 Å². The van der Waals surface area contributed by atoms with Crippen LogP contribution in [0.1, 0.15) is 20.3 Å². The molecule has 0 amide bonds. The van der Waals surface area contributed by atoms with Gasteiger partial charge in [0.25, 0.3) is 0 Å². The first-order valence-corrected chi connectivity index (χ1v) is 5.24. The van der Waals surface area contributed by atoms with Gasteiger partial charge in [-0.3, -0.25) is 0 Å². The van der Waals surface area contributed by atoms with E-state index in [2.05, 4.69) is 39.1 Å². The normalized spacial score (nSPS) is 17.3. The van der Waals surface area contributed by atoms with Gasteiger partial charge in [0.1, 0.15) is 0 Å². The van der Waals surface area contributed by atoms with Gasteiger partial charge in [-0.2, -0.15) is 25.3 Å². The lowest BCUT2D eigenvalue weighted by atomic mass is 10.5. The molecule has 0 bridgehead atoms. The minimum absolute atomic E-state index is 0.493. The maximum Gasteiger partial charge on any atom is 0.0472 e. The SMILES string of the molecule is CCC(S)SC(C)CS. The zero-order valence-electron chi connectivity index (χ0n) is 5.87. The van der Waals surface area contributed by atoms with E-state index >= 15 is 0 Å². The largest absolute Gasteiger partial charge is 0.178 e. The molecule has 0 aliphatic heterocycles. The highest BCUT2D eigenvalue weighted by molar-refractivity contribution is 8.11. The summed E-state index contributed by atoms with van der Waals surface area (Å²) < 4.78 is 0.493. The van der Waals surface area contributed by atoms with E-state index in [0.29, 0.717) is 9.83 Å². The van der Waals surface area contributed by atoms with Crippen molar-refractivity contribution in [3.8, 4) is 0 Å². The molecule has 0 aliphatic rings. The van der Waals surface area contributed by atoms with Crippen molar-refractivity contribution in [3.63, 3.8) is 0 Å². The predicted octanol–water partition coefficient (Wildman–Crippen LogP) is 2.70. The van der Waals surface area contributed by atoms with Crippen molar-refractivity contribution >= 4 is 37.0 Å². The van der Waals surface area contributed by atoms with E-state index in [4.69, 9.17) is 0 Å². The van der Waals surface area contributed by atoms with Gasteiger partial charge in [-0.05, 0) is 6.42 Å². The smallest absolute Gasteiger partial charge is 0.0472 e. The summed E-state index contributed by atoms with van der Waals surface area (Å²) in [6, 6.07) is 0. The van der Waals surface area contributed by atoms with E-state index in [9.17, 15) is 0 Å². The van der Waals surface area contributed by atoms with Gasteiger partial charge >= 0.3 is 0 Å². The minimum atomic E-state index is 0.493. The molecule has 0 saturated carbocycles. The fourth-order valence-electron chi connectivity index (χ4n) is 0.407. The Labute approximate surface area is 73.0 Å². The van der Waals surface area contributed by atoms with Gasteiger partial charge in [-0.15, -0.1) is 11.8 Å². The lowest BCUT2D eigenvalue weighted by Gasteiger charge is -2.11. The van der Waals surface area contributed by atoms with E-state index in [1.165, 1.54) is 0 Å². The van der Waals surface area contributed by atoms with Crippen LogP contribution in [0.4, 0.5) is 0 Å². The molecular weight excluding hydrogens is 168 g/mol. The molecule has 9 heavy (non-hydrogen) atoms. The van der Waals surface area contributed by atoms with Gasteiger partial charge < -0.3 is 0 Å². The summed E-state index contributed by atoms with van der Waals surface area (Å²) in [4.78, 5) is 0. The van der Waals surface area contributed by atoms with E-state index in [1.54, 1.807) is 0 Å². The highest BCUT2D eigenvalue weighted by Gasteiger charge is 2.04. The molecule has 0 nitrogen and oxygen atoms in total. The van der Waals surface area contributed by atoms with Crippen LogP contribution in [0.3, 0.4) is 0 Å². The average Bonchev–Trinajstić information content (AvgIpc) is 1.87. The molecule has 0 radical (unpaired) electrons. The summed E-state index contributed by atoms with van der Waals surface area (Å²) in [5, 5.41) is 0.635.